The maximum absolute atomic E-state index is 12.9. The Morgan fingerprint density at radius 2 is 1.93 bits per heavy atom. The highest BCUT2D eigenvalue weighted by Gasteiger charge is 2.43. The normalized spacial score (nSPS) is 23.7. The van der Waals surface area contributed by atoms with E-state index in [9.17, 15) is 13.2 Å². The number of halogens is 4. The summed E-state index contributed by atoms with van der Waals surface area (Å²) in [5, 5.41) is 7.03. The van der Waals surface area contributed by atoms with Gasteiger partial charge >= 0.3 is 6.18 Å². The molecule has 4 heterocycles. The van der Waals surface area contributed by atoms with E-state index in [-0.39, 0.29) is 23.1 Å². The number of piperidine rings is 1. The number of nitrogens with zero attached hydrogens (tertiary/aromatic N) is 3. The van der Waals surface area contributed by atoms with Crippen molar-refractivity contribution in [1.82, 2.24) is 15.3 Å². The number of pyridine rings is 2. The van der Waals surface area contributed by atoms with Gasteiger partial charge < -0.3 is 15.5 Å². The van der Waals surface area contributed by atoms with Gasteiger partial charge in [-0.05, 0) is 56.1 Å². The number of fused-ring (bicyclic) bond motifs is 2. The molecule has 2 bridgehead atoms. The van der Waals surface area contributed by atoms with Gasteiger partial charge in [-0.15, -0.1) is 0 Å². The van der Waals surface area contributed by atoms with Crippen molar-refractivity contribution in [3.05, 3.63) is 47.4 Å². The Hall–Kier alpha value is -2.13. The van der Waals surface area contributed by atoms with E-state index >= 15 is 0 Å². The van der Waals surface area contributed by atoms with Crippen LogP contribution in [0, 0.1) is 0 Å². The van der Waals surface area contributed by atoms with Crippen molar-refractivity contribution >= 4 is 40.4 Å². The predicted molar refractivity (Wildman–Crippen MR) is 110 cm³/mol. The Balaban J connectivity index is 1.42. The average molecular weight is 442 g/mol. The number of alkyl halides is 3. The molecule has 0 spiro atoms. The second-order valence-electron chi connectivity index (χ2n) is 7.33. The van der Waals surface area contributed by atoms with Crippen molar-refractivity contribution < 1.29 is 13.2 Å². The topological polar surface area (TPSA) is 53.1 Å². The van der Waals surface area contributed by atoms with Gasteiger partial charge in [-0.1, -0.05) is 11.6 Å². The summed E-state index contributed by atoms with van der Waals surface area (Å²) in [6.07, 6.45) is 3.30. The van der Waals surface area contributed by atoms with Crippen LogP contribution in [0.1, 0.15) is 31.2 Å². The first kappa shape index (κ1) is 20.2. The largest absolute Gasteiger partial charge is 0.417 e. The van der Waals surface area contributed by atoms with E-state index in [1.54, 1.807) is 12.4 Å². The van der Waals surface area contributed by atoms with Crippen LogP contribution in [0.3, 0.4) is 0 Å². The number of thiocarbonyl (C=S) groups is 1. The molecular weight excluding hydrogens is 423 g/mol. The lowest BCUT2D eigenvalue weighted by molar-refractivity contribution is -0.137. The van der Waals surface area contributed by atoms with E-state index in [0.29, 0.717) is 10.9 Å². The molecule has 2 aliphatic rings. The van der Waals surface area contributed by atoms with Crippen molar-refractivity contribution in [3.8, 4) is 0 Å². The van der Waals surface area contributed by atoms with E-state index in [0.717, 1.165) is 43.6 Å². The molecule has 29 heavy (non-hydrogen) atoms. The standard InChI is InChI=1S/C19H19ClF3N5S/c20-16-6-11(19(21,22)23)9-25-17(16)28-14-3-4-15(28)8-13(7-14)27-18(29)26-12-2-1-5-24-10-12/h1-2,5-6,9-10,13-15H,3-4,7-8H2,(H2,26,27,29). The molecule has 0 amide bonds. The summed E-state index contributed by atoms with van der Waals surface area (Å²) in [5.74, 6) is 0.432. The van der Waals surface area contributed by atoms with E-state index in [4.69, 9.17) is 23.8 Å². The number of anilines is 2. The predicted octanol–water partition coefficient (Wildman–Crippen LogP) is 4.64. The molecular formula is C19H19ClF3N5S. The average Bonchev–Trinajstić information content (AvgIpc) is 2.92. The number of nitrogens with one attached hydrogen (secondary N) is 2. The van der Waals surface area contributed by atoms with Gasteiger partial charge in [0.25, 0.3) is 0 Å². The van der Waals surface area contributed by atoms with Crippen LogP contribution in [-0.4, -0.2) is 33.2 Å². The SMILES string of the molecule is FC(F)(F)c1cnc(N2C3CCC2CC(NC(=S)Nc2cccnc2)C3)c(Cl)c1. The Kier molecular flexibility index (Phi) is 5.52. The highest BCUT2D eigenvalue weighted by atomic mass is 35.5. The molecule has 2 N–H and O–H groups in total. The minimum absolute atomic E-state index is 0.0388. The summed E-state index contributed by atoms with van der Waals surface area (Å²) >= 11 is 11.6. The van der Waals surface area contributed by atoms with Crippen LogP contribution in [0.25, 0.3) is 0 Å². The lowest BCUT2D eigenvalue weighted by Crippen LogP contribution is -2.51. The van der Waals surface area contributed by atoms with Crippen molar-refractivity contribution in [2.45, 2.75) is 50.0 Å². The Morgan fingerprint density at radius 1 is 1.21 bits per heavy atom. The number of rotatable bonds is 3. The first-order valence-electron chi connectivity index (χ1n) is 9.30. The van der Waals surface area contributed by atoms with Crippen LogP contribution >= 0.6 is 23.8 Å². The first-order valence-corrected chi connectivity index (χ1v) is 10.1. The van der Waals surface area contributed by atoms with Gasteiger partial charge in [-0.2, -0.15) is 13.2 Å². The molecule has 4 rings (SSSR count). The molecule has 2 aromatic heterocycles. The molecule has 2 unspecified atom stereocenters. The summed E-state index contributed by atoms with van der Waals surface area (Å²) in [6, 6.07) is 5.16. The highest BCUT2D eigenvalue weighted by Crippen LogP contribution is 2.42. The monoisotopic (exact) mass is 441 g/mol. The second kappa shape index (κ2) is 7.95. The van der Waals surface area contributed by atoms with Crippen LogP contribution in [-0.2, 0) is 6.18 Å². The zero-order chi connectivity index (χ0) is 20.6. The van der Waals surface area contributed by atoms with Crippen LogP contribution in [0.4, 0.5) is 24.7 Å². The first-order chi connectivity index (χ1) is 13.8. The van der Waals surface area contributed by atoms with Gasteiger partial charge in [0.2, 0.25) is 0 Å². The number of aromatic nitrogens is 2. The van der Waals surface area contributed by atoms with Crippen LogP contribution < -0.4 is 15.5 Å². The molecule has 2 fully saturated rings. The zero-order valence-corrected chi connectivity index (χ0v) is 16.9. The van der Waals surface area contributed by atoms with Gasteiger partial charge in [0.05, 0.1) is 22.5 Å². The molecule has 2 saturated heterocycles. The fraction of sp³-hybridized carbons (Fsp3) is 0.421. The lowest BCUT2D eigenvalue weighted by atomic mass is 9.97. The molecule has 154 valence electrons. The fourth-order valence-electron chi connectivity index (χ4n) is 4.21. The summed E-state index contributed by atoms with van der Waals surface area (Å²) in [6.45, 7) is 0. The molecule has 0 aliphatic carbocycles. The number of hydrogen-bond donors (Lipinski definition) is 2. The van der Waals surface area contributed by atoms with Gasteiger partial charge in [0.1, 0.15) is 5.82 Å². The summed E-state index contributed by atoms with van der Waals surface area (Å²) in [4.78, 5) is 10.2. The van der Waals surface area contributed by atoms with Crippen molar-refractivity contribution in [2.24, 2.45) is 0 Å². The maximum atomic E-state index is 12.9. The Labute approximate surface area is 176 Å². The molecule has 2 aromatic rings. The van der Waals surface area contributed by atoms with Crippen molar-refractivity contribution in [1.29, 1.82) is 0 Å². The van der Waals surface area contributed by atoms with E-state index < -0.39 is 11.7 Å². The Bertz CT molecular complexity index is 881. The molecule has 5 nitrogen and oxygen atoms in total. The van der Waals surface area contributed by atoms with Crippen LogP contribution in [0.5, 0.6) is 0 Å². The summed E-state index contributed by atoms with van der Waals surface area (Å²) < 4.78 is 38.7. The third-order valence-electron chi connectivity index (χ3n) is 5.38. The zero-order valence-electron chi connectivity index (χ0n) is 15.3. The molecule has 0 radical (unpaired) electrons. The molecule has 0 aromatic carbocycles. The minimum atomic E-state index is -4.46. The van der Waals surface area contributed by atoms with Gasteiger partial charge in [0, 0.05) is 30.5 Å². The molecule has 2 atom stereocenters. The number of hydrogen-bond acceptors (Lipinski definition) is 4. The smallest absolute Gasteiger partial charge is 0.360 e. The van der Waals surface area contributed by atoms with Crippen LogP contribution in [0.2, 0.25) is 5.02 Å². The lowest BCUT2D eigenvalue weighted by Gasteiger charge is -2.40. The van der Waals surface area contributed by atoms with Gasteiger partial charge in [-0.3, -0.25) is 4.98 Å². The molecule has 10 heteroatoms. The minimum Gasteiger partial charge on any atom is -0.360 e. The highest BCUT2D eigenvalue weighted by molar-refractivity contribution is 7.80. The summed E-state index contributed by atoms with van der Waals surface area (Å²) in [5.41, 5.74) is -0.0203. The van der Waals surface area contributed by atoms with Gasteiger partial charge in [0.15, 0.2) is 5.11 Å². The Morgan fingerprint density at radius 3 is 2.52 bits per heavy atom. The van der Waals surface area contributed by atoms with E-state index in [1.165, 1.54) is 0 Å². The van der Waals surface area contributed by atoms with Crippen molar-refractivity contribution in [3.63, 3.8) is 0 Å². The fourth-order valence-corrected chi connectivity index (χ4v) is 4.75. The maximum Gasteiger partial charge on any atom is 0.417 e. The molecule has 2 aliphatic heterocycles. The summed E-state index contributed by atoms with van der Waals surface area (Å²) in [7, 11) is 0. The second-order valence-corrected chi connectivity index (χ2v) is 8.14. The third kappa shape index (κ3) is 4.40. The van der Waals surface area contributed by atoms with E-state index in [2.05, 4.69) is 25.5 Å². The van der Waals surface area contributed by atoms with Gasteiger partial charge in [-0.25, -0.2) is 4.98 Å². The van der Waals surface area contributed by atoms with Crippen LogP contribution in [0.15, 0.2) is 36.8 Å². The molecule has 0 saturated carbocycles. The van der Waals surface area contributed by atoms with Crippen molar-refractivity contribution in [2.75, 3.05) is 10.2 Å². The quantitative estimate of drug-likeness (QED) is 0.677. The third-order valence-corrected chi connectivity index (χ3v) is 5.88. The van der Waals surface area contributed by atoms with E-state index in [1.807, 2.05) is 12.1 Å².